The van der Waals surface area contributed by atoms with Crippen molar-refractivity contribution in [3.05, 3.63) is 100 Å². The van der Waals surface area contributed by atoms with E-state index in [1.54, 1.807) is 15.6 Å². The van der Waals surface area contributed by atoms with Crippen LogP contribution in [0.15, 0.2) is 78.9 Å². The Balaban J connectivity index is 1.79. The van der Waals surface area contributed by atoms with Crippen molar-refractivity contribution in [2.75, 3.05) is 17.2 Å². The molecule has 2 heterocycles. The standard InChI is InChI=1S/C30H28Cl2N4O2S/c1-3-19(2)33-25(37)17-35-26(38)18-39-29(21-12-9-13-22(31)16-21)27-28(20-10-5-4-6-11-20)34-36(30(27)35)24-15-8-7-14-23(24)32/h4-16,19,29H,3,17-18H2,1-2H3,(H,33,37). The maximum absolute atomic E-state index is 13.8. The monoisotopic (exact) mass is 578 g/mol. The summed E-state index contributed by atoms with van der Waals surface area (Å²) in [6.45, 7) is 3.81. The Bertz CT molecular complexity index is 1510. The Morgan fingerprint density at radius 2 is 1.82 bits per heavy atom. The second kappa shape index (κ2) is 11.9. The molecule has 0 aliphatic carbocycles. The van der Waals surface area contributed by atoms with E-state index in [4.69, 9.17) is 28.3 Å². The predicted octanol–water partition coefficient (Wildman–Crippen LogP) is 6.93. The maximum atomic E-state index is 13.8. The lowest BCUT2D eigenvalue weighted by Crippen LogP contribution is -2.44. The van der Waals surface area contributed by atoms with E-state index in [0.717, 1.165) is 23.1 Å². The molecule has 0 radical (unpaired) electrons. The van der Waals surface area contributed by atoms with E-state index >= 15 is 0 Å². The van der Waals surface area contributed by atoms with E-state index in [0.29, 0.717) is 27.2 Å². The van der Waals surface area contributed by atoms with Gasteiger partial charge in [0.25, 0.3) is 0 Å². The van der Waals surface area contributed by atoms with E-state index in [1.165, 1.54) is 11.8 Å². The van der Waals surface area contributed by atoms with Crippen LogP contribution < -0.4 is 10.2 Å². The molecule has 9 heteroatoms. The Morgan fingerprint density at radius 1 is 1.08 bits per heavy atom. The minimum absolute atomic E-state index is 0.0130. The van der Waals surface area contributed by atoms with Gasteiger partial charge in [-0.25, -0.2) is 4.68 Å². The van der Waals surface area contributed by atoms with Gasteiger partial charge in [-0.05, 0) is 43.2 Å². The first-order valence-corrected chi connectivity index (χ1v) is 14.6. The van der Waals surface area contributed by atoms with Crippen molar-refractivity contribution in [2.45, 2.75) is 31.6 Å². The molecule has 1 aliphatic rings. The molecular formula is C30H28Cl2N4O2S. The number of nitrogens with zero attached hydrogens (tertiary/aromatic N) is 3. The molecule has 0 fully saturated rings. The van der Waals surface area contributed by atoms with Gasteiger partial charge in [0.2, 0.25) is 11.8 Å². The van der Waals surface area contributed by atoms with Crippen molar-refractivity contribution in [3.8, 4) is 16.9 Å². The van der Waals surface area contributed by atoms with Crippen LogP contribution in [0.4, 0.5) is 5.82 Å². The second-order valence-corrected chi connectivity index (χ2v) is 11.4. The first-order chi connectivity index (χ1) is 18.9. The molecule has 0 saturated carbocycles. The predicted molar refractivity (Wildman–Crippen MR) is 160 cm³/mol. The number of fused-ring (bicyclic) bond motifs is 1. The van der Waals surface area contributed by atoms with Gasteiger partial charge in [-0.1, -0.05) is 84.7 Å². The van der Waals surface area contributed by atoms with E-state index in [2.05, 4.69) is 5.32 Å². The highest BCUT2D eigenvalue weighted by atomic mass is 35.5. The quantitative estimate of drug-likeness (QED) is 0.258. The fourth-order valence-corrected chi connectivity index (χ4v) is 6.22. The number of thioether (sulfide) groups is 1. The van der Waals surface area contributed by atoms with E-state index in [-0.39, 0.29) is 35.4 Å². The average molecular weight is 580 g/mol. The zero-order chi connectivity index (χ0) is 27.5. The summed E-state index contributed by atoms with van der Waals surface area (Å²) in [5.41, 5.74) is 4.00. The minimum atomic E-state index is -0.267. The lowest BCUT2D eigenvalue weighted by molar-refractivity contribution is -0.123. The van der Waals surface area contributed by atoms with Crippen LogP contribution >= 0.6 is 35.0 Å². The summed E-state index contributed by atoms with van der Waals surface area (Å²) >= 11 is 14.6. The highest BCUT2D eigenvalue weighted by molar-refractivity contribution is 8.00. The van der Waals surface area contributed by atoms with Gasteiger partial charge in [0.05, 0.1) is 27.4 Å². The number of para-hydroxylation sites is 1. The number of carbonyl (C=O) groups is 2. The lowest BCUT2D eigenvalue weighted by Gasteiger charge is -2.24. The minimum Gasteiger partial charge on any atom is -0.352 e. The highest BCUT2D eigenvalue weighted by Crippen LogP contribution is 2.49. The summed E-state index contributed by atoms with van der Waals surface area (Å²) in [7, 11) is 0. The number of nitrogens with one attached hydrogen (secondary N) is 1. The Morgan fingerprint density at radius 3 is 2.54 bits per heavy atom. The number of hydrogen-bond acceptors (Lipinski definition) is 4. The molecule has 1 N–H and O–H groups in total. The number of anilines is 1. The van der Waals surface area contributed by atoms with Crippen molar-refractivity contribution in [1.82, 2.24) is 15.1 Å². The Kier molecular flexibility index (Phi) is 8.31. The number of benzene rings is 3. The number of rotatable bonds is 7. The van der Waals surface area contributed by atoms with Gasteiger partial charge >= 0.3 is 0 Å². The molecule has 2 atom stereocenters. The fraction of sp³-hybridized carbons (Fsp3) is 0.233. The first-order valence-electron chi connectivity index (χ1n) is 12.8. The molecule has 200 valence electrons. The largest absolute Gasteiger partial charge is 0.352 e. The first kappa shape index (κ1) is 27.3. The molecule has 4 aromatic rings. The topological polar surface area (TPSA) is 67.2 Å². The summed E-state index contributed by atoms with van der Waals surface area (Å²) in [6.07, 6.45) is 0.785. The van der Waals surface area contributed by atoms with Crippen LogP contribution in [-0.2, 0) is 9.59 Å². The molecule has 3 aromatic carbocycles. The number of aromatic nitrogens is 2. The molecular weight excluding hydrogens is 551 g/mol. The summed E-state index contributed by atoms with van der Waals surface area (Å²) in [5.74, 6) is 0.293. The van der Waals surface area contributed by atoms with Crippen LogP contribution in [0, 0.1) is 0 Å². The molecule has 1 aromatic heterocycles. The van der Waals surface area contributed by atoms with Gasteiger partial charge < -0.3 is 5.32 Å². The van der Waals surface area contributed by atoms with Crippen LogP contribution in [0.1, 0.15) is 36.6 Å². The molecule has 0 spiro atoms. The third-order valence-electron chi connectivity index (χ3n) is 6.69. The smallest absolute Gasteiger partial charge is 0.240 e. The van der Waals surface area contributed by atoms with Gasteiger partial charge in [-0.3, -0.25) is 14.5 Å². The number of carbonyl (C=O) groups excluding carboxylic acids is 2. The molecule has 6 nitrogen and oxygen atoms in total. The van der Waals surface area contributed by atoms with E-state index in [9.17, 15) is 9.59 Å². The molecule has 1 aliphatic heterocycles. The van der Waals surface area contributed by atoms with E-state index < -0.39 is 0 Å². The SMILES string of the molecule is CCC(C)NC(=O)CN1C(=O)CSC(c2cccc(Cl)c2)c2c(-c3ccccc3)nn(-c3ccccc3Cl)c21. The number of amides is 2. The van der Waals surface area contributed by atoms with Crippen LogP contribution in [0.3, 0.4) is 0 Å². The summed E-state index contributed by atoms with van der Waals surface area (Å²) in [5, 5.41) is 8.88. The third-order valence-corrected chi connectivity index (χ3v) is 8.50. The highest BCUT2D eigenvalue weighted by Gasteiger charge is 2.38. The molecule has 2 unspecified atom stereocenters. The molecule has 0 bridgehead atoms. The summed E-state index contributed by atoms with van der Waals surface area (Å²) in [4.78, 5) is 28.5. The van der Waals surface area contributed by atoms with E-state index in [1.807, 2.05) is 86.6 Å². The van der Waals surface area contributed by atoms with Crippen molar-refractivity contribution < 1.29 is 9.59 Å². The summed E-state index contributed by atoms with van der Waals surface area (Å²) < 4.78 is 1.71. The van der Waals surface area contributed by atoms with Crippen LogP contribution in [0.5, 0.6) is 0 Å². The van der Waals surface area contributed by atoms with Gasteiger partial charge in [-0.2, -0.15) is 5.10 Å². The lowest BCUT2D eigenvalue weighted by atomic mass is 9.99. The van der Waals surface area contributed by atoms with Crippen LogP contribution in [-0.4, -0.2) is 39.9 Å². The normalized spacial score (nSPS) is 15.9. The summed E-state index contributed by atoms with van der Waals surface area (Å²) in [6, 6.07) is 24.9. The fourth-order valence-electron chi connectivity index (χ4n) is 4.62. The maximum Gasteiger partial charge on any atom is 0.240 e. The molecule has 0 saturated heterocycles. The van der Waals surface area contributed by atoms with Crippen molar-refractivity contribution >= 4 is 52.6 Å². The number of halogens is 2. The molecule has 5 rings (SSSR count). The second-order valence-electron chi connectivity index (χ2n) is 9.42. The Hall–Kier alpha value is -3.26. The van der Waals surface area contributed by atoms with Crippen molar-refractivity contribution in [3.63, 3.8) is 0 Å². The van der Waals surface area contributed by atoms with Gasteiger partial charge in [0, 0.05) is 22.2 Å². The van der Waals surface area contributed by atoms with Gasteiger partial charge in [0.15, 0.2) is 0 Å². The van der Waals surface area contributed by atoms with Crippen LogP contribution in [0.25, 0.3) is 16.9 Å². The average Bonchev–Trinajstić information content (AvgIpc) is 3.25. The van der Waals surface area contributed by atoms with Crippen molar-refractivity contribution in [1.29, 1.82) is 0 Å². The third kappa shape index (κ3) is 5.71. The van der Waals surface area contributed by atoms with Crippen LogP contribution in [0.2, 0.25) is 10.0 Å². The Labute approximate surface area is 242 Å². The zero-order valence-corrected chi connectivity index (χ0v) is 23.9. The molecule has 2 amide bonds. The number of hydrogen-bond donors (Lipinski definition) is 1. The van der Waals surface area contributed by atoms with Gasteiger partial charge in [-0.15, -0.1) is 11.8 Å². The molecule has 39 heavy (non-hydrogen) atoms. The van der Waals surface area contributed by atoms with Gasteiger partial charge in [0.1, 0.15) is 12.4 Å². The van der Waals surface area contributed by atoms with Crippen molar-refractivity contribution in [2.24, 2.45) is 0 Å². The zero-order valence-electron chi connectivity index (χ0n) is 21.6.